The summed E-state index contributed by atoms with van der Waals surface area (Å²) in [5, 5.41) is 2.65. The number of carbonyl (C=O) groups excluding carboxylic acids is 1. The Balaban J connectivity index is 2.44. The minimum absolute atomic E-state index is 0.295. The van der Waals surface area contributed by atoms with Crippen LogP contribution in [0, 0.1) is 12.7 Å². The molecule has 0 aliphatic rings. The van der Waals surface area contributed by atoms with E-state index in [1.807, 2.05) is 0 Å². The Kier molecular flexibility index (Phi) is 5.94. The van der Waals surface area contributed by atoms with Crippen LogP contribution in [0.3, 0.4) is 0 Å². The molecule has 0 fully saturated rings. The molecule has 0 saturated heterocycles. The van der Waals surface area contributed by atoms with Gasteiger partial charge in [0.2, 0.25) is 0 Å². The van der Waals surface area contributed by atoms with Crippen molar-refractivity contribution in [1.82, 2.24) is 5.32 Å². The predicted octanol–water partition coefficient (Wildman–Crippen LogP) is 2.12. The fourth-order valence-corrected chi connectivity index (χ4v) is 1.44. The number of amides is 1. The Morgan fingerprint density at radius 2 is 2.24 bits per heavy atom. The molecule has 0 unspecified atom stereocenters. The van der Waals surface area contributed by atoms with Gasteiger partial charge in [-0.1, -0.05) is 6.07 Å². The van der Waals surface area contributed by atoms with Gasteiger partial charge >= 0.3 is 0 Å². The molecule has 0 radical (unpaired) electrons. The molecule has 0 spiro atoms. The zero-order chi connectivity index (χ0) is 12.7. The van der Waals surface area contributed by atoms with Crippen LogP contribution < -0.4 is 5.32 Å². The lowest BCUT2D eigenvalue weighted by atomic mass is 10.1. The van der Waals surface area contributed by atoms with Crippen LogP contribution in [0.1, 0.15) is 15.9 Å². The van der Waals surface area contributed by atoms with Crippen LogP contribution >= 0.6 is 11.6 Å². The number of halogens is 2. The second kappa shape index (κ2) is 7.25. The van der Waals surface area contributed by atoms with Crippen molar-refractivity contribution < 1.29 is 13.9 Å². The normalized spacial score (nSPS) is 10.3. The van der Waals surface area contributed by atoms with Gasteiger partial charge in [-0.2, -0.15) is 0 Å². The van der Waals surface area contributed by atoms with Gasteiger partial charge in [0, 0.05) is 18.0 Å². The number of hydrogen-bond donors (Lipinski definition) is 1. The maximum absolute atomic E-state index is 13.0. The molecule has 94 valence electrons. The van der Waals surface area contributed by atoms with Gasteiger partial charge in [0.25, 0.3) is 5.91 Å². The molecule has 0 aliphatic heterocycles. The third-order valence-electron chi connectivity index (χ3n) is 2.20. The first-order chi connectivity index (χ1) is 8.15. The smallest absolute Gasteiger partial charge is 0.251 e. The lowest BCUT2D eigenvalue weighted by molar-refractivity contribution is 0.0922. The molecule has 0 heterocycles. The number of hydrogen-bond acceptors (Lipinski definition) is 2. The van der Waals surface area contributed by atoms with E-state index in [2.05, 4.69) is 5.32 Å². The fourth-order valence-electron chi connectivity index (χ4n) is 1.33. The quantitative estimate of drug-likeness (QED) is 0.628. The highest BCUT2D eigenvalue weighted by atomic mass is 35.5. The zero-order valence-electron chi connectivity index (χ0n) is 9.63. The first-order valence-electron chi connectivity index (χ1n) is 5.33. The van der Waals surface area contributed by atoms with Crippen LogP contribution in [0.4, 0.5) is 4.39 Å². The summed E-state index contributed by atoms with van der Waals surface area (Å²) in [5.74, 6) is -0.285. The molecule has 1 aromatic rings. The van der Waals surface area contributed by atoms with Crippen molar-refractivity contribution in [3.8, 4) is 0 Å². The van der Waals surface area contributed by atoms with E-state index >= 15 is 0 Å². The van der Waals surface area contributed by atoms with Gasteiger partial charge in [-0.3, -0.25) is 4.79 Å². The largest absolute Gasteiger partial charge is 0.378 e. The molecule has 1 aromatic carbocycles. The zero-order valence-corrected chi connectivity index (χ0v) is 10.4. The van der Waals surface area contributed by atoms with E-state index in [1.165, 1.54) is 12.1 Å². The molecule has 17 heavy (non-hydrogen) atoms. The van der Waals surface area contributed by atoms with E-state index in [0.717, 1.165) is 5.56 Å². The third-order valence-corrected chi connectivity index (χ3v) is 2.35. The molecule has 0 saturated carbocycles. The first-order valence-corrected chi connectivity index (χ1v) is 5.86. The first kappa shape index (κ1) is 13.9. The minimum Gasteiger partial charge on any atom is -0.378 e. The second-order valence-corrected chi connectivity index (χ2v) is 3.89. The van der Waals surface area contributed by atoms with Gasteiger partial charge in [-0.25, -0.2) is 4.39 Å². The summed E-state index contributed by atoms with van der Waals surface area (Å²) in [4.78, 5) is 11.7. The fraction of sp³-hybridized carbons (Fsp3) is 0.417. The van der Waals surface area contributed by atoms with Gasteiger partial charge < -0.3 is 10.1 Å². The number of alkyl halides is 1. The topological polar surface area (TPSA) is 38.3 Å². The van der Waals surface area contributed by atoms with E-state index in [0.29, 0.717) is 31.2 Å². The summed E-state index contributed by atoms with van der Waals surface area (Å²) in [6, 6.07) is 4.13. The monoisotopic (exact) mass is 259 g/mol. The number of rotatable bonds is 6. The summed E-state index contributed by atoms with van der Waals surface area (Å²) in [6.45, 7) is 2.99. The Labute approximate surface area is 105 Å². The molecule has 5 heteroatoms. The minimum atomic E-state index is -0.417. The van der Waals surface area contributed by atoms with Crippen LogP contribution in [0.25, 0.3) is 0 Å². The SMILES string of the molecule is Cc1ccc(F)cc1C(=O)NCCOCCCl. The number of ether oxygens (including phenoxy) is 1. The van der Waals surface area contributed by atoms with Gasteiger partial charge in [0.15, 0.2) is 0 Å². The molecular weight excluding hydrogens is 245 g/mol. The van der Waals surface area contributed by atoms with Gasteiger partial charge in [-0.05, 0) is 24.6 Å². The van der Waals surface area contributed by atoms with E-state index in [-0.39, 0.29) is 5.91 Å². The molecule has 1 N–H and O–H groups in total. The summed E-state index contributed by atoms with van der Waals surface area (Å²) in [5.41, 5.74) is 1.09. The van der Waals surface area contributed by atoms with E-state index < -0.39 is 5.82 Å². The number of carbonyl (C=O) groups is 1. The molecule has 3 nitrogen and oxygen atoms in total. The van der Waals surface area contributed by atoms with E-state index in [4.69, 9.17) is 16.3 Å². The average molecular weight is 260 g/mol. The second-order valence-electron chi connectivity index (χ2n) is 3.52. The summed E-state index contributed by atoms with van der Waals surface area (Å²) < 4.78 is 18.1. The van der Waals surface area contributed by atoms with Crippen molar-refractivity contribution in [1.29, 1.82) is 0 Å². The highest BCUT2D eigenvalue weighted by molar-refractivity contribution is 6.17. The lowest BCUT2D eigenvalue weighted by Crippen LogP contribution is -2.28. The summed E-state index contributed by atoms with van der Waals surface area (Å²) in [7, 11) is 0. The van der Waals surface area contributed by atoms with Crippen molar-refractivity contribution in [2.45, 2.75) is 6.92 Å². The molecule has 1 amide bonds. The summed E-state index contributed by atoms with van der Waals surface area (Å²) >= 11 is 5.42. The van der Waals surface area contributed by atoms with E-state index in [9.17, 15) is 9.18 Å². The molecule has 0 bridgehead atoms. The highest BCUT2D eigenvalue weighted by Crippen LogP contribution is 2.09. The molecule has 0 atom stereocenters. The maximum atomic E-state index is 13.0. The average Bonchev–Trinajstić information content (AvgIpc) is 2.32. The van der Waals surface area contributed by atoms with Gasteiger partial charge in [-0.15, -0.1) is 11.6 Å². The number of aryl methyl sites for hydroxylation is 1. The molecule has 0 aromatic heterocycles. The van der Waals surface area contributed by atoms with Crippen LogP contribution in [0.2, 0.25) is 0 Å². The molecular formula is C12H15ClFNO2. The summed E-state index contributed by atoms with van der Waals surface area (Å²) in [6.07, 6.45) is 0. The standard InChI is InChI=1S/C12H15ClFNO2/c1-9-2-3-10(14)8-11(9)12(16)15-5-7-17-6-4-13/h2-3,8H,4-7H2,1H3,(H,15,16). The van der Waals surface area contributed by atoms with Crippen LogP contribution in [0.15, 0.2) is 18.2 Å². The van der Waals surface area contributed by atoms with Crippen molar-refractivity contribution in [2.75, 3.05) is 25.6 Å². The highest BCUT2D eigenvalue weighted by Gasteiger charge is 2.09. The van der Waals surface area contributed by atoms with Gasteiger partial charge in [0.05, 0.1) is 13.2 Å². The van der Waals surface area contributed by atoms with Crippen molar-refractivity contribution in [3.63, 3.8) is 0 Å². The molecule has 1 rings (SSSR count). The Morgan fingerprint density at radius 3 is 2.94 bits per heavy atom. The number of benzene rings is 1. The maximum Gasteiger partial charge on any atom is 0.251 e. The van der Waals surface area contributed by atoms with Crippen LogP contribution in [-0.2, 0) is 4.74 Å². The lowest BCUT2D eigenvalue weighted by Gasteiger charge is -2.07. The Bertz CT molecular complexity index is 385. The Morgan fingerprint density at radius 1 is 1.47 bits per heavy atom. The van der Waals surface area contributed by atoms with E-state index in [1.54, 1.807) is 13.0 Å². The van der Waals surface area contributed by atoms with Crippen LogP contribution in [0.5, 0.6) is 0 Å². The van der Waals surface area contributed by atoms with Gasteiger partial charge in [0.1, 0.15) is 5.82 Å². The van der Waals surface area contributed by atoms with Crippen molar-refractivity contribution >= 4 is 17.5 Å². The third kappa shape index (κ3) is 4.71. The Hall–Kier alpha value is -1.13. The van der Waals surface area contributed by atoms with Crippen LogP contribution in [-0.4, -0.2) is 31.5 Å². The van der Waals surface area contributed by atoms with Crippen molar-refractivity contribution in [2.24, 2.45) is 0 Å². The molecule has 0 aliphatic carbocycles. The number of nitrogens with one attached hydrogen (secondary N) is 1. The predicted molar refractivity (Wildman–Crippen MR) is 65.0 cm³/mol. The van der Waals surface area contributed by atoms with Crippen molar-refractivity contribution in [3.05, 3.63) is 35.1 Å².